The first-order chi connectivity index (χ1) is 6.50. The van der Waals surface area contributed by atoms with Crippen LogP contribution in [0.25, 0.3) is 0 Å². The topological polar surface area (TPSA) is 65.3 Å². The normalized spacial score (nSPS) is 10.3. The van der Waals surface area contributed by atoms with Crippen molar-refractivity contribution in [2.45, 2.75) is 20.0 Å². The van der Waals surface area contributed by atoms with Crippen molar-refractivity contribution in [1.82, 2.24) is 4.98 Å². The highest BCUT2D eigenvalue weighted by Crippen LogP contribution is 2.25. The van der Waals surface area contributed by atoms with Gasteiger partial charge in [0.15, 0.2) is 0 Å². The van der Waals surface area contributed by atoms with E-state index in [0.29, 0.717) is 0 Å². The van der Waals surface area contributed by atoms with Crippen molar-refractivity contribution in [3.8, 4) is 5.88 Å². The van der Waals surface area contributed by atoms with Crippen molar-refractivity contribution in [2.24, 2.45) is 0 Å². The van der Waals surface area contributed by atoms with Gasteiger partial charge in [-0.2, -0.15) is 0 Å². The Morgan fingerprint density at radius 1 is 1.64 bits per heavy atom. The molecule has 0 bridgehead atoms. The third kappa shape index (κ3) is 2.38. The van der Waals surface area contributed by atoms with Crippen LogP contribution in [0.5, 0.6) is 5.88 Å². The molecule has 1 aromatic rings. The summed E-state index contributed by atoms with van der Waals surface area (Å²) in [6, 6.07) is 0.782. The van der Waals surface area contributed by atoms with Crippen molar-refractivity contribution < 1.29 is 14.1 Å². The molecule has 0 radical (unpaired) electrons. The summed E-state index contributed by atoms with van der Waals surface area (Å²) >= 11 is 0. The van der Waals surface area contributed by atoms with Crippen LogP contribution in [-0.2, 0) is 0 Å². The minimum atomic E-state index is -0.757. The molecule has 76 valence electrons. The Balaban J connectivity index is 3.08. The monoisotopic (exact) mass is 200 g/mol. The Bertz CT molecular complexity index is 354. The third-order valence-electron chi connectivity index (χ3n) is 1.34. The maximum atomic E-state index is 12.6. The molecule has 0 amide bonds. The van der Waals surface area contributed by atoms with Crippen molar-refractivity contribution in [3.63, 3.8) is 0 Å². The smallest absolute Gasteiger partial charge is 0.333 e. The quantitative estimate of drug-likeness (QED) is 0.552. The van der Waals surface area contributed by atoms with Crippen LogP contribution in [0.15, 0.2) is 12.3 Å². The molecule has 0 aliphatic carbocycles. The van der Waals surface area contributed by atoms with Gasteiger partial charge in [0.25, 0.3) is 5.88 Å². The molecule has 0 N–H and O–H groups in total. The summed E-state index contributed by atoms with van der Waals surface area (Å²) < 4.78 is 17.7. The molecule has 0 aliphatic rings. The number of rotatable bonds is 3. The Morgan fingerprint density at radius 2 is 2.29 bits per heavy atom. The first kappa shape index (κ1) is 10.4. The molecule has 0 atom stereocenters. The van der Waals surface area contributed by atoms with Gasteiger partial charge >= 0.3 is 5.69 Å². The molecule has 1 aromatic heterocycles. The second-order valence-electron chi connectivity index (χ2n) is 2.90. The van der Waals surface area contributed by atoms with Gasteiger partial charge in [0.2, 0.25) is 0 Å². The standard InChI is InChI=1S/C8H9FN2O3/c1-5(2)14-8-7(11(12)13)3-6(9)4-10-8/h3-5H,1-2H3. The first-order valence-corrected chi connectivity index (χ1v) is 3.97. The average Bonchev–Trinajstić information content (AvgIpc) is 2.07. The fourth-order valence-electron chi connectivity index (χ4n) is 0.861. The van der Waals surface area contributed by atoms with Gasteiger partial charge in [-0.3, -0.25) is 10.1 Å². The highest BCUT2D eigenvalue weighted by Gasteiger charge is 2.18. The van der Waals surface area contributed by atoms with E-state index < -0.39 is 16.4 Å². The summed E-state index contributed by atoms with van der Waals surface area (Å²) in [7, 11) is 0. The molecule has 0 saturated heterocycles. The van der Waals surface area contributed by atoms with Gasteiger partial charge in [0.05, 0.1) is 23.3 Å². The van der Waals surface area contributed by atoms with Gasteiger partial charge in [-0.15, -0.1) is 0 Å². The predicted molar refractivity (Wildman–Crippen MR) is 46.6 cm³/mol. The van der Waals surface area contributed by atoms with Crippen LogP contribution in [0.2, 0.25) is 0 Å². The maximum absolute atomic E-state index is 12.6. The summed E-state index contributed by atoms with van der Waals surface area (Å²) in [5.74, 6) is -0.917. The van der Waals surface area contributed by atoms with Crippen molar-refractivity contribution in [1.29, 1.82) is 0 Å². The van der Waals surface area contributed by atoms with Gasteiger partial charge < -0.3 is 4.74 Å². The molecule has 14 heavy (non-hydrogen) atoms. The van der Waals surface area contributed by atoms with Crippen LogP contribution in [0.1, 0.15) is 13.8 Å². The number of hydrogen-bond acceptors (Lipinski definition) is 4. The summed E-state index contributed by atoms with van der Waals surface area (Å²) in [6.45, 7) is 3.41. The number of pyridine rings is 1. The molecule has 0 saturated carbocycles. The lowest BCUT2D eigenvalue weighted by Crippen LogP contribution is -2.09. The molecule has 0 aliphatic heterocycles. The Morgan fingerprint density at radius 3 is 2.79 bits per heavy atom. The fraction of sp³-hybridized carbons (Fsp3) is 0.375. The molecule has 0 aromatic carbocycles. The highest BCUT2D eigenvalue weighted by molar-refractivity contribution is 5.40. The van der Waals surface area contributed by atoms with Gasteiger partial charge in [-0.25, -0.2) is 9.37 Å². The lowest BCUT2D eigenvalue weighted by Gasteiger charge is -2.07. The van der Waals surface area contributed by atoms with Crippen molar-refractivity contribution >= 4 is 5.69 Å². The molecular formula is C8H9FN2O3. The number of hydrogen-bond donors (Lipinski definition) is 0. The minimum Gasteiger partial charge on any atom is -0.470 e. The van der Waals surface area contributed by atoms with Crippen LogP contribution in [-0.4, -0.2) is 16.0 Å². The maximum Gasteiger partial charge on any atom is 0.333 e. The molecule has 0 fully saturated rings. The molecule has 0 unspecified atom stereocenters. The van der Waals surface area contributed by atoms with Crippen molar-refractivity contribution in [3.05, 3.63) is 28.2 Å². The van der Waals surface area contributed by atoms with E-state index >= 15 is 0 Å². The van der Waals surface area contributed by atoms with Crippen LogP contribution < -0.4 is 4.74 Å². The van der Waals surface area contributed by atoms with E-state index in [1.807, 2.05) is 0 Å². The molecule has 0 spiro atoms. The van der Waals surface area contributed by atoms with Crippen LogP contribution in [0, 0.1) is 15.9 Å². The van der Waals surface area contributed by atoms with E-state index in [0.717, 1.165) is 12.3 Å². The molecule has 5 nitrogen and oxygen atoms in total. The van der Waals surface area contributed by atoms with Gasteiger partial charge in [0, 0.05) is 0 Å². The van der Waals surface area contributed by atoms with Gasteiger partial charge in [0.1, 0.15) is 5.82 Å². The van der Waals surface area contributed by atoms with Crippen LogP contribution >= 0.6 is 0 Å². The highest BCUT2D eigenvalue weighted by atomic mass is 19.1. The summed E-state index contributed by atoms with van der Waals surface area (Å²) in [6.07, 6.45) is 0.636. The zero-order chi connectivity index (χ0) is 10.7. The van der Waals surface area contributed by atoms with E-state index in [2.05, 4.69) is 4.98 Å². The van der Waals surface area contributed by atoms with Crippen LogP contribution in [0.4, 0.5) is 10.1 Å². The molecular weight excluding hydrogens is 191 g/mol. The van der Waals surface area contributed by atoms with Crippen LogP contribution in [0.3, 0.4) is 0 Å². The van der Waals surface area contributed by atoms with E-state index in [-0.39, 0.29) is 12.0 Å². The summed E-state index contributed by atoms with van der Waals surface area (Å²) in [5.41, 5.74) is -0.460. The van der Waals surface area contributed by atoms with E-state index in [4.69, 9.17) is 4.74 Å². The molecule has 1 heterocycles. The fourth-order valence-corrected chi connectivity index (χ4v) is 0.861. The van der Waals surface area contributed by atoms with E-state index in [9.17, 15) is 14.5 Å². The van der Waals surface area contributed by atoms with Gasteiger partial charge in [-0.1, -0.05) is 0 Å². The van der Waals surface area contributed by atoms with Crippen molar-refractivity contribution in [2.75, 3.05) is 0 Å². The second-order valence-corrected chi connectivity index (χ2v) is 2.90. The Hall–Kier alpha value is -1.72. The minimum absolute atomic E-state index is 0.161. The lowest BCUT2D eigenvalue weighted by atomic mass is 10.4. The number of aromatic nitrogens is 1. The second kappa shape index (κ2) is 3.99. The average molecular weight is 200 g/mol. The SMILES string of the molecule is CC(C)Oc1ncc(F)cc1[N+](=O)[O-]. The summed E-state index contributed by atoms with van der Waals surface area (Å²) in [4.78, 5) is 13.2. The van der Waals surface area contributed by atoms with Gasteiger partial charge in [-0.05, 0) is 13.8 Å². The number of ether oxygens (including phenoxy) is 1. The Labute approximate surface area is 79.7 Å². The van der Waals surface area contributed by atoms with E-state index in [1.54, 1.807) is 13.8 Å². The zero-order valence-corrected chi connectivity index (χ0v) is 7.73. The number of nitro groups is 1. The van der Waals surface area contributed by atoms with E-state index in [1.165, 1.54) is 0 Å². The largest absolute Gasteiger partial charge is 0.470 e. The predicted octanol–water partition coefficient (Wildman–Crippen LogP) is 1.92. The molecule has 1 rings (SSSR count). The Kier molecular flexibility index (Phi) is 2.95. The first-order valence-electron chi connectivity index (χ1n) is 3.97. The lowest BCUT2D eigenvalue weighted by molar-refractivity contribution is -0.386. The third-order valence-corrected chi connectivity index (χ3v) is 1.34. The number of halogens is 1. The number of nitrogens with zero attached hydrogens (tertiary/aromatic N) is 2. The zero-order valence-electron chi connectivity index (χ0n) is 7.73. The summed E-state index contributed by atoms with van der Waals surface area (Å²) in [5, 5.41) is 10.5. The molecule has 6 heteroatoms.